The zero-order valence-electron chi connectivity index (χ0n) is 12.8. The molecule has 0 aromatic heterocycles. The highest BCUT2D eigenvalue weighted by Gasteiger charge is 2.20. The molecule has 1 saturated heterocycles. The van der Waals surface area contributed by atoms with E-state index in [-0.39, 0.29) is 12.4 Å². The van der Waals surface area contributed by atoms with Gasteiger partial charge in [0.25, 0.3) is 0 Å². The Morgan fingerprint density at radius 2 is 1.81 bits per heavy atom. The van der Waals surface area contributed by atoms with Crippen molar-refractivity contribution in [2.75, 3.05) is 32.8 Å². The van der Waals surface area contributed by atoms with Crippen molar-refractivity contribution in [2.45, 2.75) is 32.2 Å². The summed E-state index contributed by atoms with van der Waals surface area (Å²) in [5, 5.41) is 0. The lowest BCUT2D eigenvalue weighted by atomic mass is 10.0. The zero-order valence-corrected chi connectivity index (χ0v) is 13.6. The Morgan fingerprint density at radius 3 is 2.43 bits per heavy atom. The second-order valence-corrected chi connectivity index (χ2v) is 5.17. The number of ether oxygens (including phenoxy) is 2. The van der Waals surface area contributed by atoms with Crippen LogP contribution in [0.5, 0.6) is 11.5 Å². The summed E-state index contributed by atoms with van der Waals surface area (Å²) in [6.45, 7) is 6.24. The molecule has 1 fully saturated rings. The lowest BCUT2D eigenvalue weighted by Gasteiger charge is -2.34. The van der Waals surface area contributed by atoms with Gasteiger partial charge in [-0.3, -0.25) is 4.90 Å². The summed E-state index contributed by atoms with van der Waals surface area (Å²) in [5.74, 6) is 1.79. The SMILES string of the molecule is CCOc1ccc(OCCN2CCCCC2CN)cc1.Cl. The van der Waals surface area contributed by atoms with E-state index in [0.717, 1.165) is 31.1 Å². The molecule has 1 atom stereocenters. The minimum absolute atomic E-state index is 0. The van der Waals surface area contributed by atoms with Gasteiger partial charge >= 0.3 is 0 Å². The lowest BCUT2D eigenvalue weighted by molar-refractivity contribution is 0.127. The maximum atomic E-state index is 5.83. The first-order valence-corrected chi connectivity index (χ1v) is 7.63. The van der Waals surface area contributed by atoms with E-state index in [1.54, 1.807) is 0 Å². The summed E-state index contributed by atoms with van der Waals surface area (Å²) in [6.07, 6.45) is 3.80. The van der Waals surface area contributed by atoms with Crippen LogP contribution in [-0.2, 0) is 0 Å². The highest BCUT2D eigenvalue weighted by atomic mass is 35.5. The van der Waals surface area contributed by atoms with Crippen molar-refractivity contribution in [2.24, 2.45) is 5.73 Å². The number of halogens is 1. The molecule has 1 aromatic rings. The molecule has 1 unspecified atom stereocenters. The first-order valence-electron chi connectivity index (χ1n) is 7.63. The normalized spacial score (nSPS) is 18.9. The molecule has 1 heterocycles. The van der Waals surface area contributed by atoms with Crippen LogP contribution < -0.4 is 15.2 Å². The molecule has 0 radical (unpaired) electrons. The molecular weight excluding hydrogens is 288 g/mol. The van der Waals surface area contributed by atoms with Crippen molar-refractivity contribution in [3.05, 3.63) is 24.3 Å². The quantitative estimate of drug-likeness (QED) is 0.840. The topological polar surface area (TPSA) is 47.7 Å². The predicted octanol–water partition coefficient (Wildman–Crippen LogP) is 2.70. The van der Waals surface area contributed by atoms with Crippen molar-refractivity contribution < 1.29 is 9.47 Å². The van der Waals surface area contributed by atoms with Gasteiger partial charge in [-0.15, -0.1) is 12.4 Å². The number of hydrogen-bond donors (Lipinski definition) is 1. The van der Waals surface area contributed by atoms with Crippen molar-refractivity contribution in [1.29, 1.82) is 0 Å². The van der Waals surface area contributed by atoms with E-state index in [0.29, 0.717) is 19.3 Å². The number of likely N-dealkylation sites (tertiary alicyclic amines) is 1. The van der Waals surface area contributed by atoms with Crippen molar-refractivity contribution in [3.8, 4) is 11.5 Å². The Labute approximate surface area is 134 Å². The number of benzene rings is 1. The van der Waals surface area contributed by atoms with Gasteiger partial charge < -0.3 is 15.2 Å². The summed E-state index contributed by atoms with van der Waals surface area (Å²) < 4.78 is 11.2. The van der Waals surface area contributed by atoms with E-state index in [2.05, 4.69) is 4.90 Å². The van der Waals surface area contributed by atoms with Gasteiger partial charge in [0.05, 0.1) is 6.61 Å². The molecule has 120 valence electrons. The molecule has 4 nitrogen and oxygen atoms in total. The highest BCUT2D eigenvalue weighted by molar-refractivity contribution is 5.85. The highest BCUT2D eigenvalue weighted by Crippen LogP contribution is 2.18. The first-order chi connectivity index (χ1) is 9.83. The third-order valence-electron chi connectivity index (χ3n) is 3.80. The second kappa shape index (κ2) is 9.87. The number of rotatable bonds is 7. The fraction of sp³-hybridized carbons (Fsp3) is 0.625. The van der Waals surface area contributed by atoms with Crippen LogP contribution in [0.2, 0.25) is 0 Å². The van der Waals surface area contributed by atoms with Crippen LogP contribution in [0.4, 0.5) is 0 Å². The molecule has 0 bridgehead atoms. The minimum atomic E-state index is 0. The van der Waals surface area contributed by atoms with E-state index < -0.39 is 0 Å². The molecule has 21 heavy (non-hydrogen) atoms. The Balaban J connectivity index is 0.00000220. The number of nitrogens with zero attached hydrogens (tertiary/aromatic N) is 1. The summed E-state index contributed by atoms with van der Waals surface area (Å²) in [4.78, 5) is 2.46. The van der Waals surface area contributed by atoms with Gasteiger partial charge in [-0.05, 0) is 50.6 Å². The molecular formula is C16H27ClN2O2. The van der Waals surface area contributed by atoms with Gasteiger partial charge in [0.2, 0.25) is 0 Å². The van der Waals surface area contributed by atoms with Crippen LogP contribution in [0.1, 0.15) is 26.2 Å². The Hall–Kier alpha value is -0.970. The Morgan fingerprint density at radius 1 is 1.14 bits per heavy atom. The fourth-order valence-electron chi connectivity index (χ4n) is 2.70. The Kier molecular flexibility index (Phi) is 8.50. The molecule has 2 N–H and O–H groups in total. The summed E-state index contributed by atoms with van der Waals surface area (Å²) in [7, 11) is 0. The summed E-state index contributed by atoms with van der Waals surface area (Å²) in [6, 6.07) is 8.35. The molecule has 2 rings (SSSR count). The molecule has 0 saturated carbocycles. The second-order valence-electron chi connectivity index (χ2n) is 5.17. The third kappa shape index (κ3) is 5.73. The molecule has 1 aromatic carbocycles. The molecule has 1 aliphatic heterocycles. The van der Waals surface area contributed by atoms with E-state index >= 15 is 0 Å². The van der Waals surface area contributed by atoms with Crippen molar-refractivity contribution in [1.82, 2.24) is 4.90 Å². The van der Waals surface area contributed by atoms with Gasteiger partial charge in [0, 0.05) is 19.1 Å². The van der Waals surface area contributed by atoms with E-state index in [1.165, 1.54) is 19.3 Å². The largest absolute Gasteiger partial charge is 0.494 e. The van der Waals surface area contributed by atoms with Crippen LogP contribution in [-0.4, -0.2) is 43.8 Å². The molecule has 0 amide bonds. The number of nitrogens with two attached hydrogens (primary N) is 1. The molecule has 0 spiro atoms. The van der Waals surface area contributed by atoms with Gasteiger partial charge in [0.1, 0.15) is 18.1 Å². The Bertz CT molecular complexity index is 386. The van der Waals surface area contributed by atoms with E-state index in [4.69, 9.17) is 15.2 Å². The maximum absolute atomic E-state index is 5.83. The van der Waals surface area contributed by atoms with Crippen molar-refractivity contribution in [3.63, 3.8) is 0 Å². The average Bonchev–Trinajstić information content (AvgIpc) is 2.50. The van der Waals surface area contributed by atoms with Gasteiger partial charge in [0.15, 0.2) is 0 Å². The van der Waals surface area contributed by atoms with Crippen LogP contribution in [0.3, 0.4) is 0 Å². The average molecular weight is 315 g/mol. The molecule has 0 aliphatic carbocycles. The smallest absolute Gasteiger partial charge is 0.119 e. The van der Waals surface area contributed by atoms with Crippen LogP contribution in [0.25, 0.3) is 0 Å². The minimum Gasteiger partial charge on any atom is -0.494 e. The summed E-state index contributed by atoms with van der Waals surface area (Å²) >= 11 is 0. The zero-order chi connectivity index (χ0) is 14.2. The van der Waals surface area contributed by atoms with Crippen LogP contribution in [0.15, 0.2) is 24.3 Å². The van der Waals surface area contributed by atoms with E-state index in [1.807, 2.05) is 31.2 Å². The van der Waals surface area contributed by atoms with Gasteiger partial charge in [-0.1, -0.05) is 6.42 Å². The van der Waals surface area contributed by atoms with Crippen molar-refractivity contribution >= 4 is 12.4 Å². The maximum Gasteiger partial charge on any atom is 0.119 e. The fourth-order valence-corrected chi connectivity index (χ4v) is 2.70. The monoisotopic (exact) mass is 314 g/mol. The van der Waals surface area contributed by atoms with Gasteiger partial charge in [-0.25, -0.2) is 0 Å². The summed E-state index contributed by atoms with van der Waals surface area (Å²) in [5.41, 5.74) is 5.83. The number of hydrogen-bond acceptors (Lipinski definition) is 4. The molecule has 1 aliphatic rings. The first kappa shape index (κ1) is 18.1. The van der Waals surface area contributed by atoms with E-state index in [9.17, 15) is 0 Å². The standard InChI is InChI=1S/C16H26N2O2.ClH/c1-2-19-15-6-8-16(9-7-15)20-12-11-18-10-4-3-5-14(18)13-17;/h6-9,14H,2-5,10-13,17H2,1H3;1H. The van der Waals surface area contributed by atoms with Crippen LogP contribution in [0, 0.1) is 0 Å². The third-order valence-corrected chi connectivity index (χ3v) is 3.80. The van der Waals surface area contributed by atoms with Crippen LogP contribution >= 0.6 is 12.4 Å². The van der Waals surface area contributed by atoms with Gasteiger partial charge in [-0.2, -0.15) is 0 Å². The lowest BCUT2D eigenvalue weighted by Crippen LogP contribution is -2.45. The number of piperidine rings is 1. The molecule has 5 heteroatoms. The predicted molar refractivity (Wildman–Crippen MR) is 88.6 cm³/mol.